The maximum Gasteiger partial charge on any atom is 0.255 e. The van der Waals surface area contributed by atoms with Crippen molar-refractivity contribution in [3.8, 4) is 0 Å². The molecule has 7 nitrogen and oxygen atoms in total. The molecule has 29 heavy (non-hydrogen) atoms. The number of anilines is 1. The fraction of sp³-hybridized carbons (Fsp3) is 0.318. The Kier molecular flexibility index (Phi) is 5.57. The fourth-order valence-corrected chi connectivity index (χ4v) is 3.81. The van der Waals surface area contributed by atoms with Gasteiger partial charge >= 0.3 is 0 Å². The van der Waals surface area contributed by atoms with Crippen LogP contribution in [0.2, 0.25) is 0 Å². The molecule has 2 atom stereocenters. The molecule has 1 aromatic carbocycles. The molecule has 2 aliphatic heterocycles. The molecule has 0 spiro atoms. The summed E-state index contributed by atoms with van der Waals surface area (Å²) in [5.41, 5.74) is 7.10. The van der Waals surface area contributed by atoms with Gasteiger partial charge in [0.2, 0.25) is 5.91 Å². The van der Waals surface area contributed by atoms with Crippen LogP contribution in [0.1, 0.15) is 15.9 Å². The van der Waals surface area contributed by atoms with Crippen LogP contribution in [0.5, 0.6) is 0 Å². The van der Waals surface area contributed by atoms with Gasteiger partial charge in [0.1, 0.15) is 5.82 Å². The standard InChI is InChI=1S/C22H24N4O3/c23-20-8-7-18(10-24-20)22(28)26-12-17-11-25(13-19(26)15-29-14-17)21(27)9-6-16-4-2-1-3-5-16/h1-10,17,19H,11-15H2,(H2,23,24)/b9-6+/t17-,19-/m0/s1. The third kappa shape index (κ3) is 4.46. The van der Waals surface area contributed by atoms with Crippen LogP contribution in [0.4, 0.5) is 5.82 Å². The van der Waals surface area contributed by atoms with Crippen LogP contribution in [0, 0.1) is 5.92 Å². The van der Waals surface area contributed by atoms with Gasteiger partial charge in [-0.25, -0.2) is 4.98 Å². The van der Waals surface area contributed by atoms with Crippen molar-refractivity contribution < 1.29 is 14.3 Å². The Balaban J connectivity index is 1.50. The second kappa shape index (κ2) is 8.45. The van der Waals surface area contributed by atoms with E-state index in [1.807, 2.05) is 46.2 Å². The maximum atomic E-state index is 13.1. The van der Waals surface area contributed by atoms with Gasteiger partial charge in [0, 0.05) is 37.8 Å². The summed E-state index contributed by atoms with van der Waals surface area (Å²) in [6.45, 7) is 2.52. The second-order valence-electron chi connectivity index (χ2n) is 7.47. The van der Waals surface area contributed by atoms with Crippen molar-refractivity contribution in [2.45, 2.75) is 6.04 Å². The van der Waals surface area contributed by atoms with Crippen molar-refractivity contribution in [1.82, 2.24) is 14.8 Å². The number of rotatable bonds is 3. The predicted molar refractivity (Wildman–Crippen MR) is 110 cm³/mol. The molecule has 3 heterocycles. The molecule has 0 saturated carbocycles. The van der Waals surface area contributed by atoms with E-state index < -0.39 is 0 Å². The molecule has 0 aliphatic carbocycles. The molecule has 4 rings (SSSR count). The van der Waals surface area contributed by atoms with E-state index >= 15 is 0 Å². The average Bonchev–Trinajstić information content (AvgIpc) is 3.04. The second-order valence-corrected chi connectivity index (χ2v) is 7.47. The summed E-state index contributed by atoms with van der Waals surface area (Å²) in [5, 5.41) is 0. The number of hydrogen-bond acceptors (Lipinski definition) is 5. The number of hydrogen-bond donors (Lipinski definition) is 1. The van der Waals surface area contributed by atoms with Gasteiger partial charge in [-0.2, -0.15) is 0 Å². The zero-order valence-electron chi connectivity index (χ0n) is 16.1. The number of ether oxygens (including phenoxy) is 1. The SMILES string of the molecule is Nc1ccc(C(=O)N2C[C@H]3COC[C@@H]2CN(C(=O)/C=C/c2ccccc2)C3)cn1. The Morgan fingerprint density at radius 2 is 1.90 bits per heavy atom. The normalized spacial score (nSPS) is 21.8. The highest BCUT2D eigenvalue weighted by atomic mass is 16.5. The lowest BCUT2D eigenvalue weighted by molar-refractivity contribution is -0.127. The average molecular weight is 392 g/mol. The zero-order chi connectivity index (χ0) is 20.2. The van der Waals surface area contributed by atoms with Crippen molar-refractivity contribution in [3.05, 3.63) is 65.9 Å². The number of nitrogens with zero attached hydrogens (tertiary/aromatic N) is 3. The summed E-state index contributed by atoms with van der Waals surface area (Å²) < 4.78 is 5.77. The van der Waals surface area contributed by atoms with E-state index in [0.717, 1.165) is 5.56 Å². The Morgan fingerprint density at radius 1 is 1.07 bits per heavy atom. The smallest absolute Gasteiger partial charge is 0.255 e. The molecule has 0 radical (unpaired) electrons. The van der Waals surface area contributed by atoms with Crippen LogP contribution in [-0.4, -0.2) is 65.5 Å². The fourth-order valence-electron chi connectivity index (χ4n) is 3.81. The first-order valence-corrected chi connectivity index (χ1v) is 9.72. The largest absolute Gasteiger partial charge is 0.384 e. The minimum Gasteiger partial charge on any atom is -0.384 e. The summed E-state index contributed by atoms with van der Waals surface area (Å²) in [4.78, 5) is 33.5. The first kappa shape index (κ1) is 19.1. The van der Waals surface area contributed by atoms with Crippen LogP contribution >= 0.6 is 0 Å². The van der Waals surface area contributed by atoms with Gasteiger partial charge in [-0.15, -0.1) is 0 Å². The lowest BCUT2D eigenvalue weighted by atomic mass is 10.1. The molecule has 1 aromatic heterocycles. The molecule has 2 N–H and O–H groups in total. The van der Waals surface area contributed by atoms with Crippen LogP contribution in [0.15, 0.2) is 54.7 Å². The summed E-state index contributed by atoms with van der Waals surface area (Å²) in [5.74, 6) is 0.296. The van der Waals surface area contributed by atoms with Crippen LogP contribution < -0.4 is 5.73 Å². The van der Waals surface area contributed by atoms with E-state index in [9.17, 15) is 9.59 Å². The molecule has 2 amide bonds. The first-order chi connectivity index (χ1) is 14.1. The van der Waals surface area contributed by atoms with Gasteiger partial charge in [0.05, 0.1) is 24.8 Å². The van der Waals surface area contributed by atoms with Crippen molar-refractivity contribution >= 4 is 23.7 Å². The summed E-state index contributed by atoms with van der Waals surface area (Å²) in [6.07, 6.45) is 4.93. The Morgan fingerprint density at radius 3 is 2.66 bits per heavy atom. The molecule has 2 saturated heterocycles. The number of amides is 2. The maximum absolute atomic E-state index is 13.1. The molecule has 2 aliphatic rings. The molecular formula is C22H24N4O3. The molecule has 0 unspecified atom stereocenters. The lowest BCUT2D eigenvalue weighted by Gasteiger charge is -2.30. The highest BCUT2D eigenvalue weighted by molar-refractivity contribution is 5.95. The van der Waals surface area contributed by atoms with Gasteiger partial charge in [-0.05, 0) is 23.8 Å². The number of aromatic nitrogens is 1. The van der Waals surface area contributed by atoms with Crippen LogP contribution in [0.25, 0.3) is 6.08 Å². The third-order valence-corrected chi connectivity index (χ3v) is 5.29. The topological polar surface area (TPSA) is 88.8 Å². The van der Waals surface area contributed by atoms with E-state index in [-0.39, 0.29) is 23.8 Å². The number of carbonyl (C=O) groups excluding carboxylic acids is 2. The van der Waals surface area contributed by atoms with E-state index in [2.05, 4.69) is 4.98 Å². The summed E-state index contributed by atoms with van der Waals surface area (Å²) in [7, 11) is 0. The van der Waals surface area contributed by atoms with Gasteiger partial charge in [-0.3, -0.25) is 9.59 Å². The molecule has 2 fully saturated rings. The zero-order valence-corrected chi connectivity index (χ0v) is 16.1. The van der Waals surface area contributed by atoms with Gasteiger partial charge < -0.3 is 20.3 Å². The van der Waals surface area contributed by atoms with Crippen molar-refractivity contribution in [2.24, 2.45) is 5.92 Å². The number of benzene rings is 1. The van der Waals surface area contributed by atoms with Crippen molar-refractivity contribution in [2.75, 3.05) is 38.6 Å². The number of pyridine rings is 1. The molecule has 150 valence electrons. The number of nitrogens with two attached hydrogens (primary N) is 1. The Labute approximate surface area is 169 Å². The molecule has 2 bridgehead atoms. The quantitative estimate of drug-likeness (QED) is 0.803. The van der Waals surface area contributed by atoms with Gasteiger partial charge in [0.15, 0.2) is 0 Å². The number of nitrogen functional groups attached to an aromatic ring is 1. The first-order valence-electron chi connectivity index (χ1n) is 9.72. The van der Waals surface area contributed by atoms with Crippen molar-refractivity contribution in [3.63, 3.8) is 0 Å². The van der Waals surface area contributed by atoms with E-state index in [1.54, 1.807) is 18.2 Å². The number of carbonyl (C=O) groups is 2. The van der Waals surface area contributed by atoms with Crippen LogP contribution in [0.3, 0.4) is 0 Å². The minimum absolute atomic E-state index is 0.0470. The predicted octanol–water partition coefficient (Wildman–Crippen LogP) is 1.68. The molecular weight excluding hydrogens is 368 g/mol. The lowest BCUT2D eigenvalue weighted by Crippen LogP contribution is -2.47. The highest BCUT2D eigenvalue weighted by Crippen LogP contribution is 2.22. The van der Waals surface area contributed by atoms with Gasteiger partial charge in [-0.1, -0.05) is 30.3 Å². The van der Waals surface area contributed by atoms with E-state index in [1.165, 1.54) is 6.20 Å². The van der Waals surface area contributed by atoms with Crippen LogP contribution in [-0.2, 0) is 9.53 Å². The Hall–Kier alpha value is -3.19. The van der Waals surface area contributed by atoms with Gasteiger partial charge in [0.25, 0.3) is 5.91 Å². The van der Waals surface area contributed by atoms with Crippen molar-refractivity contribution in [1.29, 1.82) is 0 Å². The highest BCUT2D eigenvalue weighted by Gasteiger charge is 2.37. The van der Waals surface area contributed by atoms with E-state index in [4.69, 9.17) is 10.5 Å². The summed E-state index contributed by atoms with van der Waals surface area (Å²) >= 11 is 0. The Bertz CT molecular complexity index is 898. The third-order valence-electron chi connectivity index (χ3n) is 5.29. The van der Waals surface area contributed by atoms with E-state index in [0.29, 0.717) is 44.2 Å². The monoisotopic (exact) mass is 392 g/mol. The molecule has 7 heteroatoms. The summed E-state index contributed by atoms with van der Waals surface area (Å²) in [6, 6.07) is 12.8. The molecule has 2 aromatic rings. The minimum atomic E-state index is -0.193. The number of fused-ring (bicyclic) bond motifs is 3.